The van der Waals surface area contributed by atoms with Crippen LogP contribution in [0.4, 0.5) is 0 Å². The Morgan fingerprint density at radius 2 is 1.64 bits per heavy atom. The molecule has 2 aliphatic carbocycles. The number of fused-ring (bicyclic) bond motifs is 2. The van der Waals surface area contributed by atoms with Crippen LogP contribution in [0, 0.1) is 11.8 Å². The van der Waals surface area contributed by atoms with Gasteiger partial charge in [-0.25, -0.2) is 0 Å². The highest BCUT2D eigenvalue weighted by Crippen LogP contribution is 2.44. The Bertz CT molecular complexity index is 587. The molecule has 1 saturated heterocycles. The summed E-state index contributed by atoms with van der Waals surface area (Å²) in [6.45, 7) is 7.47. The molecular formula is C22H38N4OS. The summed E-state index contributed by atoms with van der Waals surface area (Å²) in [7, 11) is 0. The van der Waals surface area contributed by atoms with E-state index in [9.17, 15) is 4.79 Å². The van der Waals surface area contributed by atoms with Gasteiger partial charge in [0.05, 0.1) is 12.1 Å². The maximum Gasteiger partial charge on any atom is 0.239 e. The zero-order valence-electron chi connectivity index (χ0n) is 17.7. The topological polar surface area (TPSA) is 61.9 Å². The minimum Gasteiger partial charge on any atom is -0.357 e. The predicted molar refractivity (Wildman–Crippen MR) is 118 cm³/mol. The van der Waals surface area contributed by atoms with Crippen LogP contribution in [0.5, 0.6) is 0 Å². The third-order valence-electron chi connectivity index (χ3n) is 7.27. The molecule has 2 aliphatic heterocycles. The van der Waals surface area contributed by atoms with Gasteiger partial charge in [-0.1, -0.05) is 39.5 Å². The van der Waals surface area contributed by atoms with E-state index < -0.39 is 0 Å². The quantitative estimate of drug-likeness (QED) is 0.765. The third-order valence-corrected chi connectivity index (χ3v) is 9.08. The Hall–Kier alpha value is -0.750. The van der Waals surface area contributed by atoms with Crippen LogP contribution in [0.15, 0.2) is 4.99 Å². The number of hydrogen-bond acceptors (Lipinski definition) is 5. The number of rotatable bonds is 2. The van der Waals surface area contributed by atoms with Crippen molar-refractivity contribution in [3.05, 3.63) is 0 Å². The van der Waals surface area contributed by atoms with Crippen molar-refractivity contribution in [3.63, 3.8) is 0 Å². The molecular weight excluding hydrogens is 368 g/mol. The van der Waals surface area contributed by atoms with Crippen molar-refractivity contribution in [1.82, 2.24) is 9.80 Å². The molecule has 2 N–H and O–H groups in total. The number of aliphatic imine (C=N–C) groups is 1. The van der Waals surface area contributed by atoms with E-state index in [4.69, 9.17) is 10.7 Å². The van der Waals surface area contributed by atoms with Crippen molar-refractivity contribution in [3.8, 4) is 0 Å². The van der Waals surface area contributed by atoms with Crippen molar-refractivity contribution in [2.24, 2.45) is 22.6 Å². The molecule has 4 aliphatic rings. The highest BCUT2D eigenvalue weighted by Gasteiger charge is 2.41. The normalized spacial score (nSPS) is 34.9. The van der Waals surface area contributed by atoms with Crippen molar-refractivity contribution < 1.29 is 4.79 Å². The molecule has 3 fully saturated rings. The van der Waals surface area contributed by atoms with Gasteiger partial charge in [0.2, 0.25) is 5.91 Å². The zero-order valence-corrected chi connectivity index (χ0v) is 18.5. The van der Waals surface area contributed by atoms with E-state index in [1.165, 1.54) is 57.2 Å². The molecule has 1 amide bonds. The standard InChI is InChI=1S/C22H38N4OS/c1-15(2)20(23)22(27)26-13-11-25(12-14-26)21-16-7-3-5-9-18(16)28-19-10-6-4-8-17(19)24-21/h15-20H,3-14,23H2,1-2H3. The van der Waals surface area contributed by atoms with Crippen molar-refractivity contribution in [2.45, 2.75) is 87.8 Å². The summed E-state index contributed by atoms with van der Waals surface area (Å²) < 4.78 is 0. The first-order valence-corrected chi connectivity index (χ1v) is 12.5. The summed E-state index contributed by atoms with van der Waals surface area (Å²) in [5, 5.41) is 1.50. The van der Waals surface area contributed by atoms with Gasteiger partial charge in [0.25, 0.3) is 0 Å². The van der Waals surface area contributed by atoms with Gasteiger partial charge in [-0.05, 0) is 31.6 Å². The maximum absolute atomic E-state index is 12.6. The molecule has 0 aromatic rings. The average Bonchev–Trinajstić information content (AvgIpc) is 2.89. The third kappa shape index (κ3) is 4.23. The lowest BCUT2D eigenvalue weighted by Gasteiger charge is -2.41. The molecule has 0 spiro atoms. The molecule has 0 aromatic heterocycles. The summed E-state index contributed by atoms with van der Waals surface area (Å²) >= 11 is 2.28. The van der Waals surface area contributed by atoms with Crippen LogP contribution in [0.2, 0.25) is 0 Å². The highest BCUT2D eigenvalue weighted by atomic mass is 32.2. The molecule has 2 heterocycles. The van der Waals surface area contributed by atoms with Gasteiger partial charge in [0.15, 0.2) is 0 Å². The van der Waals surface area contributed by atoms with E-state index in [1.54, 1.807) is 0 Å². The lowest BCUT2D eigenvalue weighted by molar-refractivity contribution is -0.134. The monoisotopic (exact) mass is 406 g/mol. The number of amides is 1. The predicted octanol–water partition coefficient (Wildman–Crippen LogP) is 3.13. The number of hydrogen-bond donors (Lipinski definition) is 1. The minimum atomic E-state index is -0.371. The summed E-state index contributed by atoms with van der Waals surface area (Å²) in [6, 6.07) is 0.150. The average molecular weight is 407 g/mol. The van der Waals surface area contributed by atoms with Crippen LogP contribution in [0.3, 0.4) is 0 Å². The molecule has 0 radical (unpaired) electrons. The molecule has 158 valence electrons. The largest absolute Gasteiger partial charge is 0.357 e. The number of carbonyl (C=O) groups excluding carboxylic acids is 1. The molecule has 6 heteroatoms. The first-order chi connectivity index (χ1) is 13.5. The lowest BCUT2D eigenvalue weighted by atomic mass is 9.86. The van der Waals surface area contributed by atoms with Gasteiger partial charge in [0, 0.05) is 42.6 Å². The molecule has 4 rings (SSSR count). The van der Waals surface area contributed by atoms with Gasteiger partial charge in [0.1, 0.15) is 5.84 Å². The number of amidine groups is 1. The minimum absolute atomic E-state index is 0.121. The summed E-state index contributed by atoms with van der Waals surface area (Å²) in [4.78, 5) is 22.6. The second kappa shape index (κ2) is 8.95. The Morgan fingerprint density at radius 1 is 1.00 bits per heavy atom. The van der Waals surface area contributed by atoms with Crippen LogP contribution in [-0.4, -0.2) is 70.3 Å². The summed E-state index contributed by atoms with van der Waals surface area (Å²) in [6.07, 6.45) is 10.7. The second-order valence-electron chi connectivity index (χ2n) is 9.53. The molecule has 0 bridgehead atoms. The van der Waals surface area contributed by atoms with Gasteiger partial charge in [-0.3, -0.25) is 9.79 Å². The van der Waals surface area contributed by atoms with Crippen molar-refractivity contribution in [1.29, 1.82) is 0 Å². The van der Waals surface area contributed by atoms with Crippen molar-refractivity contribution in [2.75, 3.05) is 26.2 Å². The van der Waals surface area contributed by atoms with Crippen LogP contribution < -0.4 is 5.73 Å². The molecule has 5 atom stereocenters. The van der Waals surface area contributed by atoms with Crippen LogP contribution >= 0.6 is 11.8 Å². The van der Waals surface area contributed by atoms with Gasteiger partial charge < -0.3 is 15.5 Å². The maximum atomic E-state index is 12.6. The fourth-order valence-corrected chi connectivity index (χ4v) is 7.28. The highest BCUT2D eigenvalue weighted by molar-refractivity contribution is 8.00. The van der Waals surface area contributed by atoms with Crippen LogP contribution in [-0.2, 0) is 4.79 Å². The van der Waals surface area contributed by atoms with E-state index in [-0.39, 0.29) is 17.9 Å². The Morgan fingerprint density at radius 3 is 2.36 bits per heavy atom. The van der Waals surface area contributed by atoms with Crippen LogP contribution in [0.1, 0.15) is 65.2 Å². The zero-order chi connectivity index (χ0) is 19.7. The van der Waals surface area contributed by atoms with Gasteiger partial charge >= 0.3 is 0 Å². The Balaban J connectivity index is 1.47. The SMILES string of the molecule is CC(C)C(N)C(=O)N1CCN(C2=NC3CCCCC3SC3CCCCC23)CC1. The van der Waals surface area contributed by atoms with Gasteiger partial charge in [-0.15, -0.1) is 0 Å². The summed E-state index contributed by atoms with van der Waals surface area (Å²) in [5.74, 6) is 2.34. The van der Waals surface area contributed by atoms with Crippen molar-refractivity contribution >= 4 is 23.5 Å². The Kier molecular flexibility index (Phi) is 6.56. The molecule has 2 saturated carbocycles. The summed E-state index contributed by atoms with van der Waals surface area (Å²) in [5.41, 5.74) is 6.12. The van der Waals surface area contributed by atoms with E-state index in [1.807, 2.05) is 18.7 Å². The van der Waals surface area contributed by atoms with Gasteiger partial charge in [-0.2, -0.15) is 11.8 Å². The first-order valence-electron chi connectivity index (χ1n) is 11.6. The van der Waals surface area contributed by atoms with Crippen LogP contribution in [0.25, 0.3) is 0 Å². The van der Waals surface area contributed by atoms with E-state index in [0.29, 0.717) is 12.0 Å². The van der Waals surface area contributed by atoms with E-state index in [2.05, 4.69) is 16.7 Å². The number of carbonyl (C=O) groups is 1. The second-order valence-corrected chi connectivity index (χ2v) is 11.0. The molecule has 0 aromatic carbocycles. The lowest BCUT2D eigenvalue weighted by Crippen LogP contribution is -2.56. The number of piperazine rings is 1. The Labute approximate surface area is 174 Å². The number of nitrogens with zero attached hydrogens (tertiary/aromatic N) is 3. The first kappa shape index (κ1) is 20.5. The fourth-order valence-electron chi connectivity index (χ4n) is 5.40. The molecule has 28 heavy (non-hydrogen) atoms. The number of nitrogens with two attached hydrogens (primary N) is 1. The fraction of sp³-hybridized carbons (Fsp3) is 0.909. The van der Waals surface area contributed by atoms with E-state index in [0.717, 1.165) is 36.7 Å². The smallest absolute Gasteiger partial charge is 0.239 e. The van der Waals surface area contributed by atoms with E-state index >= 15 is 0 Å². The molecule has 5 nitrogen and oxygen atoms in total. The number of thioether (sulfide) groups is 1. The molecule has 5 unspecified atom stereocenters.